The zero-order chi connectivity index (χ0) is 24.7. The maximum absolute atomic E-state index is 13.0. The molecule has 1 fully saturated rings. The number of piperazine rings is 1. The van der Waals surface area contributed by atoms with Gasteiger partial charge in [0, 0.05) is 73.9 Å². The summed E-state index contributed by atoms with van der Waals surface area (Å²) in [4.78, 5) is 20.0. The molecule has 0 aromatic carbocycles. The van der Waals surface area contributed by atoms with Crippen molar-refractivity contribution in [1.29, 1.82) is 5.26 Å². The highest BCUT2D eigenvalue weighted by molar-refractivity contribution is 5.87. The standard InChI is InChI=1S/C23H19F3N8O/c1-15(35)31-4-6-32(7-5-31)21-3-2-16(10-28-21)20-8-17(13-33-22(20)18(9-27)11-29-33)19-12-30-34(14-19)23(24,25)26/h2-3,8,10-14H,4-7H2,1H3. The molecule has 1 aliphatic heterocycles. The van der Waals surface area contributed by atoms with Gasteiger partial charge >= 0.3 is 6.30 Å². The van der Waals surface area contributed by atoms with E-state index >= 15 is 0 Å². The Bertz CT molecular complexity index is 1440. The summed E-state index contributed by atoms with van der Waals surface area (Å²) in [5.41, 5.74) is 2.87. The molecule has 35 heavy (non-hydrogen) atoms. The van der Waals surface area contributed by atoms with E-state index < -0.39 is 6.30 Å². The Balaban J connectivity index is 1.52. The van der Waals surface area contributed by atoms with Crippen molar-refractivity contribution in [2.24, 2.45) is 0 Å². The summed E-state index contributed by atoms with van der Waals surface area (Å²) in [6.07, 6.45) is 2.06. The molecule has 0 unspecified atom stereocenters. The van der Waals surface area contributed by atoms with Gasteiger partial charge in [-0.05, 0) is 18.2 Å². The Kier molecular flexibility index (Phi) is 5.39. The topological polar surface area (TPSA) is 95.4 Å². The van der Waals surface area contributed by atoms with E-state index in [1.807, 2.05) is 12.1 Å². The first-order valence-corrected chi connectivity index (χ1v) is 10.8. The highest BCUT2D eigenvalue weighted by Crippen LogP contribution is 2.33. The Labute approximate surface area is 197 Å². The van der Waals surface area contributed by atoms with Crippen molar-refractivity contribution >= 4 is 17.2 Å². The average Bonchev–Trinajstić information content (AvgIpc) is 3.51. The number of halogens is 3. The van der Waals surface area contributed by atoms with Crippen LogP contribution in [-0.2, 0) is 11.1 Å². The molecule has 0 atom stereocenters. The van der Waals surface area contributed by atoms with E-state index in [4.69, 9.17) is 0 Å². The minimum Gasteiger partial charge on any atom is -0.353 e. The van der Waals surface area contributed by atoms with Crippen molar-refractivity contribution in [2.75, 3.05) is 31.1 Å². The number of alkyl halides is 3. The smallest absolute Gasteiger partial charge is 0.353 e. The molecular formula is C23H19F3N8O. The van der Waals surface area contributed by atoms with Crippen LogP contribution in [0.2, 0.25) is 0 Å². The lowest BCUT2D eigenvalue weighted by molar-refractivity contribution is -0.212. The van der Waals surface area contributed by atoms with Crippen LogP contribution in [-0.4, -0.2) is 61.4 Å². The molecule has 0 saturated carbocycles. The molecule has 5 rings (SSSR count). The van der Waals surface area contributed by atoms with Crippen LogP contribution < -0.4 is 4.90 Å². The van der Waals surface area contributed by atoms with Crippen molar-refractivity contribution in [3.05, 3.63) is 54.7 Å². The van der Waals surface area contributed by atoms with Crippen LogP contribution in [0.3, 0.4) is 0 Å². The number of nitrogens with zero attached hydrogens (tertiary/aromatic N) is 8. The van der Waals surface area contributed by atoms with Gasteiger partial charge in [0.05, 0.1) is 23.5 Å². The van der Waals surface area contributed by atoms with Crippen LogP contribution in [0, 0.1) is 11.3 Å². The summed E-state index contributed by atoms with van der Waals surface area (Å²) in [7, 11) is 0. The monoisotopic (exact) mass is 480 g/mol. The van der Waals surface area contributed by atoms with E-state index in [1.165, 1.54) is 10.7 Å². The highest BCUT2D eigenvalue weighted by Gasteiger charge is 2.31. The van der Waals surface area contributed by atoms with E-state index in [0.29, 0.717) is 53.9 Å². The first kappa shape index (κ1) is 22.4. The Morgan fingerprint density at radius 1 is 1.00 bits per heavy atom. The van der Waals surface area contributed by atoms with E-state index in [-0.39, 0.29) is 16.2 Å². The quantitative estimate of drug-likeness (QED) is 0.447. The summed E-state index contributed by atoms with van der Waals surface area (Å²) in [6, 6.07) is 7.52. The molecule has 4 aromatic heterocycles. The molecule has 178 valence electrons. The van der Waals surface area contributed by atoms with Gasteiger partial charge in [-0.15, -0.1) is 13.2 Å². The van der Waals surface area contributed by atoms with Crippen molar-refractivity contribution in [3.8, 4) is 28.3 Å². The second-order valence-corrected chi connectivity index (χ2v) is 8.15. The normalized spacial score (nSPS) is 14.4. The lowest BCUT2D eigenvalue weighted by Gasteiger charge is -2.34. The van der Waals surface area contributed by atoms with Crippen LogP contribution in [0.25, 0.3) is 27.8 Å². The van der Waals surface area contributed by atoms with Gasteiger partial charge < -0.3 is 9.80 Å². The number of hydrogen-bond donors (Lipinski definition) is 0. The first-order valence-electron chi connectivity index (χ1n) is 10.8. The predicted molar refractivity (Wildman–Crippen MR) is 120 cm³/mol. The Hall–Kier alpha value is -4.40. The number of pyridine rings is 2. The van der Waals surface area contributed by atoms with Crippen LogP contribution >= 0.6 is 0 Å². The third kappa shape index (κ3) is 4.16. The number of nitriles is 1. The first-order chi connectivity index (χ1) is 16.7. The molecule has 0 aliphatic carbocycles. The van der Waals surface area contributed by atoms with Gasteiger partial charge in [-0.3, -0.25) is 4.79 Å². The zero-order valence-electron chi connectivity index (χ0n) is 18.6. The third-order valence-corrected chi connectivity index (χ3v) is 6.02. The second kappa shape index (κ2) is 8.43. The molecule has 4 aromatic rings. The van der Waals surface area contributed by atoms with E-state index in [0.717, 1.165) is 18.2 Å². The molecule has 1 amide bonds. The number of rotatable bonds is 3. The van der Waals surface area contributed by atoms with Crippen LogP contribution in [0.5, 0.6) is 0 Å². The Morgan fingerprint density at radius 2 is 1.77 bits per heavy atom. The third-order valence-electron chi connectivity index (χ3n) is 6.02. The molecule has 0 radical (unpaired) electrons. The fourth-order valence-electron chi connectivity index (χ4n) is 4.17. The van der Waals surface area contributed by atoms with Crippen LogP contribution in [0.4, 0.5) is 19.0 Å². The van der Waals surface area contributed by atoms with E-state index in [2.05, 4.69) is 26.2 Å². The highest BCUT2D eigenvalue weighted by atomic mass is 19.4. The fourth-order valence-corrected chi connectivity index (χ4v) is 4.17. The van der Waals surface area contributed by atoms with Gasteiger partial charge in [0.25, 0.3) is 0 Å². The molecule has 0 N–H and O–H groups in total. The van der Waals surface area contributed by atoms with Crippen molar-refractivity contribution in [1.82, 2.24) is 29.3 Å². The van der Waals surface area contributed by atoms with E-state index in [1.54, 1.807) is 30.3 Å². The van der Waals surface area contributed by atoms with Gasteiger partial charge in [0.2, 0.25) is 5.91 Å². The molecule has 1 saturated heterocycles. The number of carbonyl (C=O) groups excluding carboxylic acids is 1. The van der Waals surface area contributed by atoms with Gasteiger partial charge in [-0.2, -0.15) is 20.1 Å². The van der Waals surface area contributed by atoms with Gasteiger partial charge in [0.15, 0.2) is 0 Å². The zero-order valence-corrected chi connectivity index (χ0v) is 18.6. The summed E-state index contributed by atoms with van der Waals surface area (Å²) in [5.74, 6) is 0.802. The molecular weight excluding hydrogens is 461 g/mol. The van der Waals surface area contributed by atoms with Crippen LogP contribution in [0.15, 0.2) is 49.2 Å². The molecule has 9 nitrogen and oxygen atoms in total. The number of hydrogen-bond acceptors (Lipinski definition) is 6. The number of carbonyl (C=O) groups is 1. The number of anilines is 1. The van der Waals surface area contributed by atoms with Gasteiger partial charge in [-0.1, -0.05) is 0 Å². The number of fused-ring (bicyclic) bond motifs is 1. The molecule has 12 heteroatoms. The maximum Gasteiger partial charge on any atom is 0.504 e. The van der Waals surface area contributed by atoms with Crippen LogP contribution in [0.1, 0.15) is 12.5 Å². The maximum atomic E-state index is 13.0. The van der Waals surface area contributed by atoms with Crippen molar-refractivity contribution in [2.45, 2.75) is 13.2 Å². The lowest BCUT2D eigenvalue weighted by Crippen LogP contribution is -2.48. The minimum atomic E-state index is -4.62. The molecule has 5 heterocycles. The lowest BCUT2D eigenvalue weighted by atomic mass is 10.0. The summed E-state index contributed by atoms with van der Waals surface area (Å²) in [5, 5.41) is 17.2. The minimum absolute atomic E-state index is 0.0479. The largest absolute Gasteiger partial charge is 0.504 e. The summed E-state index contributed by atoms with van der Waals surface area (Å²) in [6.45, 7) is 4.12. The Morgan fingerprint density at radius 3 is 2.37 bits per heavy atom. The number of amides is 1. The molecule has 0 spiro atoms. The predicted octanol–water partition coefficient (Wildman–Crippen LogP) is 3.28. The second-order valence-electron chi connectivity index (χ2n) is 8.15. The summed E-state index contributed by atoms with van der Waals surface area (Å²) < 4.78 is 40.5. The average molecular weight is 480 g/mol. The SMILES string of the molecule is CC(=O)N1CCN(c2ccc(-c3cc(-c4cnn(C(F)(F)F)c4)cn4ncc(C#N)c34)cn2)CC1. The van der Waals surface area contributed by atoms with Crippen molar-refractivity contribution < 1.29 is 18.0 Å². The van der Waals surface area contributed by atoms with Gasteiger partial charge in [-0.25, -0.2) is 9.50 Å². The molecule has 1 aliphatic rings. The molecule has 0 bridgehead atoms. The number of aromatic nitrogens is 5. The van der Waals surface area contributed by atoms with E-state index in [9.17, 15) is 23.2 Å². The summed E-state index contributed by atoms with van der Waals surface area (Å²) >= 11 is 0. The van der Waals surface area contributed by atoms with Crippen molar-refractivity contribution in [3.63, 3.8) is 0 Å². The fraction of sp³-hybridized carbons (Fsp3) is 0.261. The van der Waals surface area contributed by atoms with Gasteiger partial charge in [0.1, 0.15) is 11.9 Å².